The van der Waals surface area contributed by atoms with Crippen LogP contribution in [-0.2, 0) is 4.79 Å². The molecule has 2 aromatic carbocycles. The lowest BCUT2D eigenvalue weighted by atomic mass is 9.84. The molecule has 3 heterocycles. The summed E-state index contributed by atoms with van der Waals surface area (Å²) in [7, 11) is 0. The molecule has 3 aromatic rings. The number of pyridine rings is 1. The Labute approximate surface area is 181 Å². The van der Waals surface area contributed by atoms with Gasteiger partial charge in [0.1, 0.15) is 11.5 Å². The molecule has 5 nitrogen and oxygen atoms in total. The van der Waals surface area contributed by atoms with Crippen molar-refractivity contribution in [3.05, 3.63) is 92.9 Å². The van der Waals surface area contributed by atoms with Crippen LogP contribution in [0.4, 0.5) is 0 Å². The monoisotopic (exact) mass is 437 g/mol. The number of rotatable bonds is 2. The third-order valence-electron chi connectivity index (χ3n) is 5.10. The second kappa shape index (κ2) is 7.27. The predicted octanol–water partition coefficient (Wildman–Crippen LogP) is 5.45. The number of fused-ring (bicyclic) bond motifs is 3. The van der Waals surface area contributed by atoms with Gasteiger partial charge in [-0.1, -0.05) is 35.3 Å². The molecule has 0 fully saturated rings. The lowest BCUT2D eigenvalue weighted by Gasteiger charge is -2.27. The Morgan fingerprint density at radius 1 is 1.07 bits per heavy atom. The van der Waals surface area contributed by atoms with Gasteiger partial charge in [-0.25, -0.2) is 0 Å². The fourth-order valence-corrected chi connectivity index (χ4v) is 4.31. The second-order valence-electron chi connectivity index (χ2n) is 6.98. The van der Waals surface area contributed by atoms with Crippen molar-refractivity contribution in [2.45, 2.75) is 12.3 Å². The van der Waals surface area contributed by atoms with Crippen LogP contribution in [0.5, 0.6) is 11.5 Å². The molecule has 1 atom stereocenters. The van der Waals surface area contributed by atoms with Crippen molar-refractivity contribution in [3.63, 3.8) is 0 Å². The van der Waals surface area contributed by atoms with Crippen LogP contribution in [0.3, 0.4) is 0 Å². The Bertz CT molecular complexity index is 1240. The molecular formula is C23H13Cl2NO4. The number of benzene rings is 2. The lowest BCUT2D eigenvalue weighted by molar-refractivity contribution is -0.135. The van der Waals surface area contributed by atoms with Crippen LogP contribution in [0.2, 0.25) is 10.0 Å². The summed E-state index contributed by atoms with van der Waals surface area (Å²) in [5.41, 5.74) is 2.50. The number of Topliss-reactive ketones (excluding diaryl/α,β-unsaturated/α-hetero) is 1. The average molecular weight is 438 g/mol. The highest BCUT2D eigenvalue weighted by atomic mass is 35.5. The molecule has 7 heteroatoms. The smallest absolute Gasteiger partial charge is 0.312 e. The number of hydrogen-bond donors (Lipinski definition) is 0. The van der Waals surface area contributed by atoms with E-state index in [-0.39, 0.29) is 23.9 Å². The summed E-state index contributed by atoms with van der Waals surface area (Å²) in [6.45, 7) is 0. The molecule has 0 aliphatic carbocycles. The fourth-order valence-electron chi connectivity index (χ4n) is 3.77. The number of ether oxygens (including phenoxy) is 2. The Balaban J connectivity index is 1.64. The molecule has 0 saturated heterocycles. The molecule has 0 amide bonds. The Hall–Kier alpha value is -3.15. The molecule has 2 aliphatic heterocycles. The average Bonchev–Trinajstić information content (AvgIpc) is 3.03. The summed E-state index contributed by atoms with van der Waals surface area (Å²) in [5.74, 6) is -0.119. The van der Waals surface area contributed by atoms with Gasteiger partial charge < -0.3 is 9.47 Å². The van der Waals surface area contributed by atoms with Crippen LogP contribution >= 0.6 is 23.2 Å². The van der Waals surface area contributed by atoms with Crippen LogP contribution in [-0.4, -0.2) is 16.7 Å². The fraction of sp³-hybridized carbons (Fsp3) is 0.0870. The molecule has 1 unspecified atom stereocenters. The standard InChI is InChI=1S/C23H13Cl2NO4/c24-13-3-4-14(17(25)9-13)16-10-20(27)29-18-6-5-15-22(28)19(30-23(15)21(16)18)8-12-2-1-7-26-11-12/h1-9,11,16H,10H2/b19-8-. The quantitative estimate of drug-likeness (QED) is 0.303. The highest BCUT2D eigenvalue weighted by Crippen LogP contribution is 2.50. The maximum atomic E-state index is 12.9. The second-order valence-corrected chi connectivity index (χ2v) is 7.82. The van der Waals surface area contributed by atoms with Crippen molar-refractivity contribution in [2.24, 2.45) is 0 Å². The first kappa shape index (κ1) is 18.9. The van der Waals surface area contributed by atoms with Crippen LogP contribution in [0.15, 0.2) is 60.6 Å². The van der Waals surface area contributed by atoms with Gasteiger partial charge in [-0.3, -0.25) is 14.6 Å². The summed E-state index contributed by atoms with van der Waals surface area (Å²) in [6, 6.07) is 12.0. The molecular weight excluding hydrogens is 425 g/mol. The first-order valence-electron chi connectivity index (χ1n) is 9.18. The molecule has 0 saturated carbocycles. The van der Waals surface area contributed by atoms with Gasteiger partial charge in [0, 0.05) is 33.9 Å². The Morgan fingerprint density at radius 2 is 1.93 bits per heavy atom. The molecule has 2 aliphatic rings. The minimum Gasteiger partial charge on any atom is -0.452 e. The maximum Gasteiger partial charge on any atom is 0.312 e. The number of ketones is 1. The van der Waals surface area contributed by atoms with Crippen molar-refractivity contribution < 1.29 is 19.1 Å². The zero-order valence-corrected chi connectivity index (χ0v) is 16.9. The van der Waals surface area contributed by atoms with E-state index in [4.69, 9.17) is 32.7 Å². The van der Waals surface area contributed by atoms with E-state index in [2.05, 4.69) is 4.98 Å². The number of esters is 1. The van der Waals surface area contributed by atoms with Crippen LogP contribution < -0.4 is 9.47 Å². The van der Waals surface area contributed by atoms with Gasteiger partial charge in [-0.15, -0.1) is 0 Å². The third kappa shape index (κ3) is 3.16. The number of halogens is 2. The van der Waals surface area contributed by atoms with Crippen LogP contribution in [0, 0.1) is 0 Å². The number of carbonyl (C=O) groups excluding carboxylic acids is 2. The first-order chi connectivity index (χ1) is 14.5. The molecule has 148 valence electrons. The number of nitrogens with zero attached hydrogens (tertiary/aromatic N) is 1. The Morgan fingerprint density at radius 3 is 2.70 bits per heavy atom. The number of allylic oxidation sites excluding steroid dienone is 1. The number of hydrogen-bond acceptors (Lipinski definition) is 5. The van der Waals surface area contributed by atoms with E-state index >= 15 is 0 Å². The largest absolute Gasteiger partial charge is 0.452 e. The highest BCUT2D eigenvalue weighted by molar-refractivity contribution is 6.35. The minimum atomic E-state index is -0.425. The van der Waals surface area contributed by atoms with Crippen molar-refractivity contribution in [1.82, 2.24) is 4.98 Å². The zero-order valence-electron chi connectivity index (χ0n) is 15.4. The summed E-state index contributed by atoms with van der Waals surface area (Å²) in [6.07, 6.45) is 5.00. The van der Waals surface area contributed by atoms with Gasteiger partial charge in [0.15, 0.2) is 5.76 Å². The summed E-state index contributed by atoms with van der Waals surface area (Å²) in [5, 5.41) is 0.926. The predicted molar refractivity (Wildman–Crippen MR) is 112 cm³/mol. The number of carbonyl (C=O) groups is 2. The normalized spacial score (nSPS) is 18.6. The van der Waals surface area contributed by atoms with E-state index in [0.29, 0.717) is 38.2 Å². The molecule has 1 aromatic heterocycles. The molecule has 30 heavy (non-hydrogen) atoms. The zero-order chi connectivity index (χ0) is 20.8. The molecule has 5 rings (SSSR count). The topological polar surface area (TPSA) is 65.5 Å². The molecule has 0 N–H and O–H groups in total. The van der Waals surface area contributed by atoms with Gasteiger partial charge >= 0.3 is 5.97 Å². The maximum absolute atomic E-state index is 12.9. The Kier molecular flexibility index (Phi) is 4.57. The first-order valence-corrected chi connectivity index (χ1v) is 9.93. The van der Waals surface area contributed by atoms with Crippen molar-refractivity contribution in [2.75, 3.05) is 0 Å². The summed E-state index contributed by atoms with van der Waals surface area (Å²) in [4.78, 5) is 29.2. The lowest BCUT2D eigenvalue weighted by Crippen LogP contribution is -2.21. The van der Waals surface area contributed by atoms with Gasteiger partial charge in [0.2, 0.25) is 5.78 Å². The minimum absolute atomic E-state index is 0.0734. The van der Waals surface area contributed by atoms with E-state index < -0.39 is 5.92 Å². The van der Waals surface area contributed by atoms with Crippen molar-refractivity contribution >= 4 is 41.0 Å². The van der Waals surface area contributed by atoms with E-state index in [0.717, 1.165) is 5.56 Å². The van der Waals surface area contributed by atoms with E-state index in [9.17, 15) is 9.59 Å². The van der Waals surface area contributed by atoms with E-state index in [1.54, 1.807) is 54.9 Å². The summed E-state index contributed by atoms with van der Waals surface area (Å²) < 4.78 is 11.4. The molecule has 0 spiro atoms. The van der Waals surface area contributed by atoms with Crippen molar-refractivity contribution in [3.8, 4) is 11.5 Å². The van der Waals surface area contributed by atoms with Crippen LogP contribution in [0.25, 0.3) is 6.08 Å². The third-order valence-corrected chi connectivity index (χ3v) is 5.66. The number of aromatic nitrogens is 1. The van der Waals surface area contributed by atoms with Gasteiger partial charge in [-0.05, 0) is 47.5 Å². The highest BCUT2D eigenvalue weighted by Gasteiger charge is 2.39. The summed E-state index contributed by atoms with van der Waals surface area (Å²) >= 11 is 12.5. The van der Waals surface area contributed by atoms with Gasteiger partial charge in [0.25, 0.3) is 0 Å². The van der Waals surface area contributed by atoms with E-state index in [1.165, 1.54) is 0 Å². The van der Waals surface area contributed by atoms with Crippen molar-refractivity contribution in [1.29, 1.82) is 0 Å². The van der Waals surface area contributed by atoms with E-state index in [1.807, 2.05) is 6.07 Å². The van der Waals surface area contributed by atoms with Gasteiger partial charge in [-0.2, -0.15) is 0 Å². The molecule has 0 bridgehead atoms. The van der Waals surface area contributed by atoms with Gasteiger partial charge in [0.05, 0.1) is 12.0 Å². The molecule has 0 radical (unpaired) electrons. The van der Waals surface area contributed by atoms with Crippen LogP contribution in [0.1, 0.15) is 39.4 Å². The SMILES string of the molecule is O=C1CC(c2ccc(Cl)cc2Cl)c2c(ccc3c2O/C(=C\c2cccnc2)C3=O)O1.